The molecule has 0 heterocycles. The number of esters is 1. The molecule has 0 fully saturated rings. The van der Waals surface area contributed by atoms with Gasteiger partial charge in [-0.25, -0.2) is 17.6 Å². The monoisotopic (exact) mass is 397 g/mol. The molecular weight excluding hydrogens is 374 g/mol. The Labute approximate surface area is 153 Å². The van der Waals surface area contributed by atoms with Crippen LogP contribution in [0.25, 0.3) is 0 Å². The van der Waals surface area contributed by atoms with Crippen LogP contribution in [0.5, 0.6) is 0 Å². The maximum Gasteiger partial charge on any atom is 0.305 e. The number of halogens is 4. The Bertz CT molecular complexity index is 624. The average molecular weight is 397 g/mol. The zero-order valence-electron chi connectivity index (χ0n) is 15.1. The van der Waals surface area contributed by atoms with Gasteiger partial charge in [0.1, 0.15) is 17.2 Å². The summed E-state index contributed by atoms with van der Waals surface area (Å²) in [6.07, 6.45) is -1.81. The summed E-state index contributed by atoms with van der Waals surface area (Å²) < 4.78 is 76.3. The maximum atomic E-state index is 15.0. The van der Waals surface area contributed by atoms with Gasteiger partial charge in [-0.05, 0) is 26.8 Å². The second kappa shape index (κ2) is 8.58. The van der Waals surface area contributed by atoms with E-state index in [-0.39, 0.29) is 0 Å². The smallest absolute Gasteiger partial charge is 0.305 e. The second-order valence-corrected chi connectivity index (χ2v) is 8.75. The summed E-state index contributed by atoms with van der Waals surface area (Å²) in [7, 11) is 1.03. The van der Waals surface area contributed by atoms with E-state index in [1.54, 1.807) is 0 Å². The number of hydrogen-bond donors (Lipinski definition) is 1. The Morgan fingerprint density at radius 2 is 1.85 bits per heavy atom. The van der Waals surface area contributed by atoms with Crippen LogP contribution in [-0.4, -0.2) is 35.0 Å². The molecule has 0 spiro atoms. The number of benzene rings is 1. The average Bonchev–Trinajstić information content (AvgIpc) is 2.57. The van der Waals surface area contributed by atoms with Gasteiger partial charge in [-0.15, -0.1) is 4.72 Å². The van der Waals surface area contributed by atoms with Crippen LogP contribution in [0.15, 0.2) is 24.3 Å². The van der Waals surface area contributed by atoms with Crippen molar-refractivity contribution in [2.24, 2.45) is 0 Å². The lowest BCUT2D eigenvalue weighted by Crippen LogP contribution is -2.62. The van der Waals surface area contributed by atoms with Crippen molar-refractivity contribution in [2.75, 3.05) is 13.8 Å². The van der Waals surface area contributed by atoms with E-state index in [0.717, 1.165) is 19.2 Å². The van der Waals surface area contributed by atoms with Crippen LogP contribution in [0.3, 0.4) is 0 Å². The molecule has 0 radical (unpaired) electrons. The van der Waals surface area contributed by atoms with Crippen LogP contribution in [0, 0.1) is 5.82 Å². The summed E-state index contributed by atoms with van der Waals surface area (Å²) in [5.41, 5.74) is -3.56. The quantitative estimate of drug-likeness (QED) is 0.413. The number of alkyl halides is 3. The fourth-order valence-electron chi connectivity index (χ4n) is 2.22. The predicted octanol–water partition coefficient (Wildman–Crippen LogP) is 3.63. The summed E-state index contributed by atoms with van der Waals surface area (Å²) in [6.45, 7) is 2.79. The molecule has 1 rings (SSSR count). The van der Waals surface area contributed by atoms with Crippen LogP contribution in [0.1, 0.15) is 39.2 Å². The molecule has 0 saturated carbocycles. The number of nitrogens with one attached hydrogen (secondary N) is 1. The minimum absolute atomic E-state index is 0.657. The summed E-state index contributed by atoms with van der Waals surface area (Å²) >= 11 is -2.13. The van der Waals surface area contributed by atoms with E-state index >= 15 is 8.78 Å². The Balaban J connectivity index is 3.44. The van der Waals surface area contributed by atoms with Crippen molar-refractivity contribution < 1.29 is 31.6 Å². The number of methoxy groups -OCH3 is 1. The van der Waals surface area contributed by atoms with Crippen LogP contribution >= 0.6 is 0 Å². The molecule has 0 amide bonds. The molecule has 4 nitrogen and oxygen atoms in total. The Morgan fingerprint density at radius 3 is 2.31 bits per heavy atom. The first-order chi connectivity index (χ1) is 11.9. The lowest BCUT2D eigenvalue weighted by Gasteiger charge is -2.40. The lowest BCUT2D eigenvalue weighted by atomic mass is 9.83. The van der Waals surface area contributed by atoms with Crippen molar-refractivity contribution in [1.29, 1.82) is 0 Å². The third-order valence-electron chi connectivity index (χ3n) is 3.85. The summed E-state index contributed by atoms with van der Waals surface area (Å²) in [5, 5.41) is 0. The molecule has 0 aliphatic rings. The molecule has 1 aromatic rings. The molecule has 1 N–H and O–H groups in total. The molecule has 0 aromatic heterocycles. The zero-order chi connectivity index (χ0) is 20.2. The fraction of sp³-hybridized carbons (Fsp3) is 0.588. The van der Waals surface area contributed by atoms with Crippen LogP contribution in [0.4, 0.5) is 17.6 Å². The molecule has 1 unspecified atom stereocenters. The highest BCUT2D eigenvalue weighted by atomic mass is 32.2. The van der Waals surface area contributed by atoms with E-state index < -0.39 is 64.4 Å². The first kappa shape index (κ1) is 22.7. The van der Waals surface area contributed by atoms with E-state index in [2.05, 4.69) is 9.46 Å². The number of rotatable bonds is 8. The highest BCUT2D eigenvalue weighted by Gasteiger charge is 2.60. The standard InChI is InChI=1S/C17H23F4NO3S/c1-15(2,3)26(24)22-16(11-18,12-7-5-6-8-13(12)19)17(20,21)10-9-14(23)25-4/h5-8,22H,9-11H2,1-4H3/t16-,26?/m1/s1. The Kier molecular flexibility index (Phi) is 7.50. The van der Waals surface area contributed by atoms with E-state index in [1.165, 1.54) is 32.9 Å². The zero-order valence-corrected chi connectivity index (χ0v) is 15.9. The molecule has 9 heteroatoms. The molecule has 1 aromatic carbocycles. The van der Waals surface area contributed by atoms with Crippen LogP contribution in [0.2, 0.25) is 0 Å². The van der Waals surface area contributed by atoms with Crippen molar-refractivity contribution in [3.63, 3.8) is 0 Å². The van der Waals surface area contributed by atoms with Gasteiger partial charge in [0.05, 0.1) is 13.5 Å². The van der Waals surface area contributed by atoms with Crippen LogP contribution < -0.4 is 4.72 Å². The molecule has 148 valence electrons. The van der Waals surface area contributed by atoms with Crippen LogP contribution in [-0.2, 0) is 26.4 Å². The van der Waals surface area contributed by atoms with E-state index in [4.69, 9.17) is 0 Å². The number of ether oxygens (including phenoxy) is 1. The van der Waals surface area contributed by atoms with Gasteiger partial charge < -0.3 is 9.29 Å². The number of carbonyl (C=O) groups excluding carboxylic acids is 1. The third-order valence-corrected chi connectivity index (χ3v) is 5.50. The number of carbonyl (C=O) groups is 1. The molecule has 26 heavy (non-hydrogen) atoms. The highest BCUT2D eigenvalue weighted by molar-refractivity contribution is 7.90. The summed E-state index contributed by atoms with van der Waals surface area (Å²) in [4.78, 5) is 11.3. The SMILES string of the molecule is COC(=O)CCC(F)(F)[C@](CF)(N[S+]([O-])C(C)(C)C)c1ccccc1F. The number of hydrogen-bond acceptors (Lipinski definition) is 4. The second-order valence-electron chi connectivity index (χ2n) is 6.78. The van der Waals surface area contributed by atoms with Gasteiger partial charge >= 0.3 is 5.97 Å². The third kappa shape index (κ3) is 4.89. The maximum absolute atomic E-state index is 15.0. The van der Waals surface area contributed by atoms with Crippen molar-refractivity contribution in [2.45, 2.75) is 49.8 Å². The molecule has 0 aliphatic heterocycles. The highest BCUT2D eigenvalue weighted by Crippen LogP contribution is 2.43. The topological polar surface area (TPSA) is 61.4 Å². The predicted molar refractivity (Wildman–Crippen MR) is 91.3 cm³/mol. The summed E-state index contributed by atoms with van der Waals surface area (Å²) in [6, 6.07) is 4.47. The largest absolute Gasteiger partial charge is 0.598 e. The molecule has 0 bridgehead atoms. The minimum Gasteiger partial charge on any atom is -0.598 e. The van der Waals surface area contributed by atoms with Gasteiger partial charge in [-0.1, -0.05) is 18.2 Å². The van der Waals surface area contributed by atoms with Gasteiger partial charge in [0.25, 0.3) is 5.92 Å². The van der Waals surface area contributed by atoms with Gasteiger partial charge in [-0.2, -0.15) is 0 Å². The van der Waals surface area contributed by atoms with Gasteiger partial charge in [0.2, 0.25) is 0 Å². The molecule has 2 atom stereocenters. The van der Waals surface area contributed by atoms with E-state index in [9.17, 15) is 18.1 Å². The van der Waals surface area contributed by atoms with Crippen molar-refractivity contribution in [3.05, 3.63) is 35.6 Å². The molecular formula is C17H23F4NO3S. The van der Waals surface area contributed by atoms with Gasteiger partial charge in [0.15, 0.2) is 5.54 Å². The van der Waals surface area contributed by atoms with E-state index in [1.807, 2.05) is 0 Å². The van der Waals surface area contributed by atoms with Crippen molar-refractivity contribution >= 4 is 17.3 Å². The van der Waals surface area contributed by atoms with Gasteiger partial charge in [0, 0.05) is 23.3 Å². The Morgan fingerprint density at radius 1 is 1.27 bits per heavy atom. The van der Waals surface area contributed by atoms with Crippen molar-refractivity contribution in [3.8, 4) is 0 Å². The Hall–Kier alpha value is -1.32. The lowest BCUT2D eigenvalue weighted by molar-refractivity contribution is -0.146. The first-order valence-electron chi connectivity index (χ1n) is 7.86. The first-order valence-corrected chi connectivity index (χ1v) is 9.01. The van der Waals surface area contributed by atoms with Crippen molar-refractivity contribution in [1.82, 2.24) is 4.72 Å². The van der Waals surface area contributed by atoms with Gasteiger partial charge in [-0.3, -0.25) is 4.79 Å². The molecule has 0 aliphatic carbocycles. The molecule has 0 saturated heterocycles. The minimum atomic E-state index is -3.93. The fourth-order valence-corrected chi connectivity index (χ4v) is 3.15. The van der Waals surface area contributed by atoms with E-state index in [0.29, 0.717) is 0 Å². The summed E-state index contributed by atoms with van der Waals surface area (Å²) in [5.74, 6) is -5.91. The normalized spacial score (nSPS) is 16.0.